The number of anilines is 1. The van der Waals surface area contributed by atoms with Crippen molar-refractivity contribution >= 4 is 34.8 Å². The van der Waals surface area contributed by atoms with Gasteiger partial charge in [-0.05, 0) is 56.5 Å². The standard InChI is InChI=1S/C32H33FN8O2/c1-21(41-32-28(31(34)36-20-37-32)29(38-41)22-16-23(33)18-25(42)17-22)26-19-24-8-5-7-11-40(24)30(26)27(35-2)9-4-3-6-10-39-12-14-43-15-13-39/h3-5,7-9,11,16-21,42H,2,6,10,12-15H2,1H3,(H2,34,36,37)/b4-3-,27-9-. The number of fused-ring (bicyclic) bond motifs is 2. The van der Waals surface area contributed by atoms with Crippen molar-refractivity contribution in [1.82, 2.24) is 29.0 Å². The second-order valence-corrected chi connectivity index (χ2v) is 10.4. The summed E-state index contributed by atoms with van der Waals surface area (Å²) in [7, 11) is 0. The number of phenols is 1. The Labute approximate surface area is 248 Å². The maximum Gasteiger partial charge on any atom is 0.164 e. The van der Waals surface area contributed by atoms with E-state index in [2.05, 4.69) is 43.1 Å². The molecular weight excluding hydrogens is 547 g/mol. The molecule has 1 saturated heterocycles. The number of allylic oxidation sites excluding steroid dienone is 2. The third-order valence-corrected chi connectivity index (χ3v) is 7.72. The number of benzene rings is 1. The SMILES string of the molecule is C=N/C(=C\C=C/CCN1CCOCC1)c1c(C(C)n2nc(-c3cc(O)cc(F)c3)c3c(N)ncnc32)cc2ccccn12. The third-order valence-electron chi connectivity index (χ3n) is 7.72. The number of aromatic nitrogens is 5. The van der Waals surface area contributed by atoms with Gasteiger partial charge in [0.15, 0.2) is 5.65 Å². The Balaban J connectivity index is 1.41. The minimum absolute atomic E-state index is 0.208. The third kappa shape index (κ3) is 5.64. The van der Waals surface area contributed by atoms with E-state index in [-0.39, 0.29) is 17.6 Å². The minimum atomic E-state index is -0.591. The van der Waals surface area contributed by atoms with E-state index in [9.17, 15) is 9.50 Å². The molecule has 0 spiro atoms. The van der Waals surface area contributed by atoms with Gasteiger partial charge in [0.2, 0.25) is 0 Å². The van der Waals surface area contributed by atoms with Crippen LogP contribution in [0.3, 0.4) is 0 Å². The number of nitrogen functional groups attached to an aromatic ring is 1. The van der Waals surface area contributed by atoms with Crippen molar-refractivity contribution in [3.63, 3.8) is 0 Å². The first kappa shape index (κ1) is 28.3. The first-order chi connectivity index (χ1) is 20.9. The van der Waals surface area contributed by atoms with Gasteiger partial charge < -0.3 is 20.0 Å². The van der Waals surface area contributed by atoms with E-state index >= 15 is 0 Å². The van der Waals surface area contributed by atoms with Crippen molar-refractivity contribution in [1.29, 1.82) is 0 Å². The Morgan fingerprint density at radius 3 is 2.84 bits per heavy atom. The predicted molar refractivity (Wildman–Crippen MR) is 167 cm³/mol. The quantitative estimate of drug-likeness (QED) is 0.184. The molecular formula is C32H33FN8O2. The number of nitrogens with zero attached hydrogens (tertiary/aromatic N) is 7. The van der Waals surface area contributed by atoms with Gasteiger partial charge in [-0.2, -0.15) is 5.10 Å². The first-order valence-corrected chi connectivity index (χ1v) is 14.2. The molecule has 1 atom stereocenters. The topological polar surface area (TPSA) is 119 Å². The fraction of sp³-hybridized carbons (Fsp3) is 0.250. The van der Waals surface area contributed by atoms with E-state index in [0.717, 1.165) is 62.1 Å². The van der Waals surface area contributed by atoms with Crippen LogP contribution in [-0.2, 0) is 4.74 Å². The van der Waals surface area contributed by atoms with Crippen LogP contribution in [0.1, 0.15) is 30.6 Å². The molecule has 5 aromatic rings. The van der Waals surface area contributed by atoms with Crippen molar-refractivity contribution in [2.24, 2.45) is 4.99 Å². The zero-order chi connectivity index (χ0) is 29.9. The average Bonchev–Trinajstić information content (AvgIpc) is 3.59. The Morgan fingerprint density at radius 2 is 2.05 bits per heavy atom. The molecule has 43 heavy (non-hydrogen) atoms. The molecule has 1 aromatic carbocycles. The number of nitrogens with two attached hydrogens (primary N) is 1. The van der Waals surface area contributed by atoms with Crippen LogP contribution >= 0.6 is 0 Å². The van der Waals surface area contributed by atoms with Gasteiger partial charge in [0.1, 0.15) is 29.4 Å². The van der Waals surface area contributed by atoms with Crippen molar-refractivity contribution in [3.05, 3.63) is 90.3 Å². The Bertz CT molecular complexity index is 1830. The molecule has 1 fully saturated rings. The molecule has 10 nitrogen and oxygen atoms in total. The van der Waals surface area contributed by atoms with Crippen LogP contribution in [0, 0.1) is 5.82 Å². The Hall–Kier alpha value is -4.87. The van der Waals surface area contributed by atoms with Crippen molar-refractivity contribution in [2.75, 3.05) is 38.6 Å². The molecule has 0 bridgehead atoms. The Kier molecular flexibility index (Phi) is 7.99. The number of ether oxygens (including phenoxy) is 1. The van der Waals surface area contributed by atoms with E-state index < -0.39 is 5.82 Å². The number of pyridine rings is 1. The maximum absolute atomic E-state index is 14.3. The summed E-state index contributed by atoms with van der Waals surface area (Å²) in [5, 5.41) is 15.4. The lowest BCUT2D eigenvalue weighted by atomic mass is 10.1. The molecule has 5 heterocycles. The molecule has 220 valence electrons. The van der Waals surface area contributed by atoms with Crippen LogP contribution in [0.2, 0.25) is 0 Å². The summed E-state index contributed by atoms with van der Waals surface area (Å²) in [4.78, 5) is 15.5. The molecule has 0 saturated carbocycles. The zero-order valence-corrected chi connectivity index (χ0v) is 23.9. The second kappa shape index (κ2) is 12.2. The lowest BCUT2D eigenvalue weighted by Gasteiger charge is -2.25. The number of phenolic OH excluding ortho intramolecular Hbond substituents is 1. The zero-order valence-electron chi connectivity index (χ0n) is 23.9. The highest BCUT2D eigenvalue weighted by molar-refractivity contribution is 5.98. The van der Waals surface area contributed by atoms with Gasteiger partial charge in [0, 0.05) is 48.5 Å². The van der Waals surface area contributed by atoms with Crippen LogP contribution < -0.4 is 5.73 Å². The normalized spacial score (nSPS) is 15.5. The monoisotopic (exact) mass is 580 g/mol. The number of halogens is 1. The smallest absolute Gasteiger partial charge is 0.164 e. The van der Waals surface area contributed by atoms with E-state index in [1.807, 2.05) is 43.5 Å². The van der Waals surface area contributed by atoms with Crippen LogP contribution in [0.15, 0.2) is 78.2 Å². The van der Waals surface area contributed by atoms with E-state index in [1.165, 1.54) is 18.5 Å². The van der Waals surface area contributed by atoms with E-state index in [0.29, 0.717) is 28.0 Å². The first-order valence-electron chi connectivity index (χ1n) is 14.2. The molecule has 3 N–H and O–H groups in total. The fourth-order valence-corrected chi connectivity index (χ4v) is 5.59. The lowest BCUT2D eigenvalue weighted by molar-refractivity contribution is 0.0387. The van der Waals surface area contributed by atoms with E-state index in [1.54, 1.807) is 4.68 Å². The van der Waals surface area contributed by atoms with E-state index in [4.69, 9.17) is 15.6 Å². The molecule has 0 radical (unpaired) electrons. The van der Waals surface area contributed by atoms with Crippen molar-refractivity contribution in [3.8, 4) is 17.0 Å². The van der Waals surface area contributed by atoms with Crippen LogP contribution in [0.5, 0.6) is 5.75 Å². The molecule has 11 heteroatoms. The lowest BCUT2D eigenvalue weighted by Crippen LogP contribution is -2.36. The van der Waals surface area contributed by atoms with Crippen LogP contribution in [0.25, 0.3) is 33.5 Å². The van der Waals surface area contributed by atoms with Crippen molar-refractivity contribution in [2.45, 2.75) is 19.4 Å². The summed E-state index contributed by atoms with van der Waals surface area (Å²) in [6, 6.07) is 11.5. The maximum atomic E-state index is 14.3. The van der Waals surface area contributed by atoms with Crippen molar-refractivity contribution < 1.29 is 14.2 Å². The van der Waals surface area contributed by atoms with Crippen LogP contribution in [-0.4, -0.2) is 73.7 Å². The highest BCUT2D eigenvalue weighted by Crippen LogP contribution is 2.37. The predicted octanol–water partition coefficient (Wildman–Crippen LogP) is 5.10. The average molecular weight is 581 g/mol. The second-order valence-electron chi connectivity index (χ2n) is 10.4. The molecule has 0 amide bonds. The number of aromatic hydroxyl groups is 1. The highest BCUT2D eigenvalue weighted by Gasteiger charge is 2.25. The minimum Gasteiger partial charge on any atom is -0.508 e. The molecule has 1 unspecified atom stereocenters. The molecule has 1 aliphatic heterocycles. The van der Waals surface area contributed by atoms with Gasteiger partial charge in [-0.3, -0.25) is 9.89 Å². The molecule has 4 aromatic heterocycles. The van der Waals surface area contributed by atoms with Gasteiger partial charge in [-0.1, -0.05) is 18.2 Å². The Morgan fingerprint density at radius 1 is 1.21 bits per heavy atom. The number of hydrogen-bond donors (Lipinski definition) is 2. The largest absolute Gasteiger partial charge is 0.508 e. The van der Waals surface area contributed by atoms with Gasteiger partial charge in [0.25, 0.3) is 0 Å². The van der Waals surface area contributed by atoms with Gasteiger partial charge in [-0.15, -0.1) is 0 Å². The van der Waals surface area contributed by atoms with Crippen LogP contribution in [0.4, 0.5) is 10.2 Å². The number of rotatable bonds is 9. The molecule has 6 rings (SSSR count). The summed E-state index contributed by atoms with van der Waals surface area (Å²) in [6.45, 7) is 10.4. The number of morpholine rings is 1. The highest BCUT2D eigenvalue weighted by atomic mass is 19.1. The summed E-state index contributed by atoms with van der Waals surface area (Å²) in [5.74, 6) is -0.598. The number of aliphatic imine (C=N–C) groups is 1. The van der Waals surface area contributed by atoms with Gasteiger partial charge in [0.05, 0.1) is 36.0 Å². The summed E-state index contributed by atoms with van der Waals surface area (Å²) < 4.78 is 23.6. The summed E-state index contributed by atoms with van der Waals surface area (Å²) in [6.07, 6.45) is 10.4. The van der Waals surface area contributed by atoms with Gasteiger partial charge in [-0.25, -0.2) is 19.0 Å². The molecule has 1 aliphatic rings. The summed E-state index contributed by atoms with van der Waals surface area (Å²) in [5.41, 5.74) is 11.0. The fourth-order valence-electron chi connectivity index (χ4n) is 5.59. The summed E-state index contributed by atoms with van der Waals surface area (Å²) >= 11 is 0. The van der Waals surface area contributed by atoms with Gasteiger partial charge >= 0.3 is 0 Å². The molecule has 0 aliphatic carbocycles. The number of hydrogen-bond acceptors (Lipinski definition) is 8.